The van der Waals surface area contributed by atoms with Crippen LogP contribution in [-0.4, -0.2) is 33.7 Å². The summed E-state index contributed by atoms with van der Waals surface area (Å²) in [5.41, 5.74) is 2.81. The van der Waals surface area contributed by atoms with Crippen LogP contribution in [0, 0.1) is 13.8 Å². The molecule has 0 atom stereocenters. The van der Waals surface area contributed by atoms with Crippen molar-refractivity contribution in [1.82, 2.24) is 0 Å². The predicted octanol–water partition coefficient (Wildman–Crippen LogP) is 3.11. The molecule has 0 unspecified atom stereocenters. The fourth-order valence-corrected chi connectivity index (χ4v) is 3.55. The van der Waals surface area contributed by atoms with Gasteiger partial charge in [-0.15, -0.1) is 0 Å². The molecule has 0 aromatic heterocycles. The number of sulfonamides is 1. The van der Waals surface area contributed by atoms with E-state index < -0.39 is 15.9 Å². The number of nitrogens with zero attached hydrogens (tertiary/aromatic N) is 1. The van der Waals surface area contributed by atoms with Crippen molar-refractivity contribution in [3.8, 4) is 5.75 Å². The van der Waals surface area contributed by atoms with Gasteiger partial charge in [0.15, 0.2) is 0 Å². The molecule has 0 bridgehead atoms. The Labute approximate surface area is 154 Å². The van der Waals surface area contributed by atoms with Gasteiger partial charge < -0.3 is 10.1 Å². The lowest BCUT2D eigenvalue weighted by Crippen LogP contribution is -2.37. The van der Waals surface area contributed by atoms with E-state index in [1.165, 1.54) is 0 Å². The summed E-state index contributed by atoms with van der Waals surface area (Å²) in [5.74, 6) is 0.100. The quantitative estimate of drug-likeness (QED) is 0.806. The zero-order valence-electron chi connectivity index (χ0n) is 15.4. The molecule has 140 valence electrons. The SMILES string of the molecule is CCOc1ccccc1NC(=O)CN(c1ccc(C)cc1C)S(C)(=O)=O. The van der Waals surface area contributed by atoms with Crippen LogP contribution in [0.3, 0.4) is 0 Å². The molecular formula is C19H24N2O4S. The Morgan fingerprint density at radius 1 is 1.15 bits per heavy atom. The van der Waals surface area contributed by atoms with Gasteiger partial charge in [0.05, 0.1) is 24.2 Å². The lowest BCUT2D eigenvalue weighted by Gasteiger charge is -2.24. The third kappa shape index (κ3) is 4.98. The van der Waals surface area contributed by atoms with Gasteiger partial charge in [-0.3, -0.25) is 9.10 Å². The number of ether oxygens (including phenoxy) is 1. The van der Waals surface area contributed by atoms with E-state index in [0.29, 0.717) is 23.7 Å². The van der Waals surface area contributed by atoms with Crippen LogP contribution < -0.4 is 14.4 Å². The molecule has 0 radical (unpaired) electrons. The normalized spacial score (nSPS) is 11.1. The number of amides is 1. The Balaban J connectivity index is 2.26. The molecule has 0 saturated carbocycles. The van der Waals surface area contributed by atoms with Crippen LogP contribution >= 0.6 is 0 Å². The van der Waals surface area contributed by atoms with Gasteiger partial charge >= 0.3 is 0 Å². The van der Waals surface area contributed by atoms with Crippen molar-refractivity contribution >= 4 is 27.3 Å². The highest BCUT2D eigenvalue weighted by Gasteiger charge is 2.22. The molecular weight excluding hydrogens is 352 g/mol. The zero-order valence-corrected chi connectivity index (χ0v) is 16.3. The number of nitrogens with one attached hydrogen (secondary N) is 1. The first kappa shape index (κ1) is 19.8. The molecule has 7 heteroatoms. The van der Waals surface area contributed by atoms with Crippen LogP contribution in [0.2, 0.25) is 0 Å². The summed E-state index contributed by atoms with van der Waals surface area (Å²) in [4.78, 5) is 12.5. The molecule has 26 heavy (non-hydrogen) atoms. The number of aryl methyl sites for hydroxylation is 2. The minimum atomic E-state index is -3.62. The second-order valence-electron chi connectivity index (χ2n) is 6.04. The first-order valence-electron chi connectivity index (χ1n) is 8.29. The number of anilines is 2. The lowest BCUT2D eigenvalue weighted by molar-refractivity contribution is -0.114. The second kappa shape index (κ2) is 8.23. The van der Waals surface area contributed by atoms with E-state index in [-0.39, 0.29) is 6.54 Å². The maximum absolute atomic E-state index is 12.5. The van der Waals surface area contributed by atoms with Crippen molar-refractivity contribution in [1.29, 1.82) is 0 Å². The number of hydrogen-bond acceptors (Lipinski definition) is 4. The standard InChI is InChI=1S/C19H24N2O4S/c1-5-25-18-9-7-6-8-16(18)20-19(22)13-21(26(4,23)24)17-11-10-14(2)12-15(17)3/h6-12H,5,13H2,1-4H3,(H,20,22). The Hall–Kier alpha value is -2.54. The van der Waals surface area contributed by atoms with Gasteiger partial charge in [0.25, 0.3) is 0 Å². The first-order valence-corrected chi connectivity index (χ1v) is 10.1. The average molecular weight is 376 g/mol. The maximum atomic E-state index is 12.5. The van der Waals surface area contributed by atoms with Gasteiger partial charge in [-0.1, -0.05) is 29.8 Å². The van der Waals surface area contributed by atoms with E-state index in [1.807, 2.05) is 32.9 Å². The van der Waals surface area contributed by atoms with Crippen LogP contribution in [0.25, 0.3) is 0 Å². The fraction of sp³-hybridized carbons (Fsp3) is 0.316. The number of benzene rings is 2. The maximum Gasteiger partial charge on any atom is 0.245 e. The van der Waals surface area contributed by atoms with Gasteiger partial charge in [0.1, 0.15) is 12.3 Å². The number of para-hydroxylation sites is 2. The van der Waals surface area contributed by atoms with E-state index in [2.05, 4.69) is 5.32 Å². The molecule has 0 aliphatic carbocycles. The largest absolute Gasteiger partial charge is 0.492 e. The van der Waals surface area contributed by atoms with Crippen LogP contribution in [0.1, 0.15) is 18.1 Å². The van der Waals surface area contributed by atoms with E-state index in [4.69, 9.17) is 4.74 Å². The molecule has 0 fully saturated rings. The van der Waals surface area contributed by atoms with Crippen molar-refractivity contribution in [2.45, 2.75) is 20.8 Å². The highest BCUT2D eigenvalue weighted by Crippen LogP contribution is 2.25. The third-order valence-electron chi connectivity index (χ3n) is 3.77. The van der Waals surface area contributed by atoms with Gasteiger partial charge in [-0.05, 0) is 44.5 Å². The molecule has 0 heterocycles. The zero-order chi connectivity index (χ0) is 19.3. The van der Waals surface area contributed by atoms with Crippen molar-refractivity contribution in [3.63, 3.8) is 0 Å². The summed E-state index contributed by atoms with van der Waals surface area (Å²) in [5, 5.41) is 2.73. The van der Waals surface area contributed by atoms with Crippen LogP contribution in [0.5, 0.6) is 5.75 Å². The molecule has 2 aromatic carbocycles. The van der Waals surface area contributed by atoms with Gasteiger partial charge in [-0.25, -0.2) is 8.42 Å². The van der Waals surface area contributed by atoms with Crippen LogP contribution in [0.15, 0.2) is 42.5 Å². The van der Waals surface area contributed by atoms with E-state index in [9.17, 15) is 13.2 Å². The summed E-state index contributed by atoms with van der Waals surface area (Å²) in [6, 6.07) is 12.5. The summed E-state index contributed by atoms with van der Waals surface area (Å²) in [6.07, 6.45) is 1.09. The lowest BCUT2D eigenvalue weighted by atomic mass is 10.1. The molecule has 2 rings (SSSR count). The smallest absolute Gasteiger partial charge is 0.245 e. The topological polar surface area (TPSA) is 75.7 Å². The first-order chi connectivity index (χ1) is 12.2. The van der Waals surface area contributed by atoms with E-state index in [0.717, 1.165) is 21.7 Å². The predicted molar refractivity (Wildman–Crippen MR) is 104 cm³/mol. The van der Waals surface area contributed by atoms with Crippen molar-refractivity contribution in [2.75, 3.05) is 29.0 Å². The molecule has 2 aromatic rings. The highest BCUT2D eigenvalue weighted by atomic mass is 32.2. The molecule has 0 spiro atoms. The Kier molecular flexibility index (Phi) is 6.26. The van der Waals surface area contributed by atoms with Crippen molar-refractivity contribution in [2.24, 2.45) is 0 Å². The van der Waals surface area contributed by atoms with Crippen LogP contribution in [0.4, 0.5) is 11.4 Å². The molecule has 0 aliphatic rings. The van der Waals surface area contributed by atoms with E-state index >= 15 is 0 Å². The molecule has 0 aliphatic heterocycles. The molecule has 1 amide bonds. The Morgan fingerprint density at radius 2 is 1.85 bits per heavy atom. The van der Waals surface area contributed by atoms with Gasteiger partial charge in [0.2, 0.25) is 15.9 Å². The summed E-state index contributed by atoms with van der Waals surface area (Å²) < 4.78 is 31.1. The van der Waals surface area contributed by atoms with Gasteiger partial charge in [0, 0.05) is 0 Å². The second-order valence-corrected chi connectivity index (χ2v) is 7.94. The summed E-state index contributed by atoms with van der Waals surface area (Å²) >= 11 is 0. The highest BCUT2D eigenvalue weighted by molar-refractivity contribution is 7.92. The average Bonchev–Trinajstić information content (AvgIpc) is 2.54. The number of carbonyl (C=O) groups is 1. The van der Waals surface area contributed by atoms with E-state index in [1.54, 1.807) is 30.3 Å². The summed E-state index contributed by atoms with van der Waals surface area (Å²) in [6.45, 7) is 5.75. The molecule has 6 nitrogen and oxygen atoms in total. The van der Waals surface area contributed by atoms with Gasteiger partial charge in [-0.2, -0.15) is 0 Å². The number of carbonyl (C=O) groups excluding carboxylic acids is 1. The minimum Gasteiger partial charge on any atom is -0.492 e. The fourth-order valence-electron chi connectivity index (χ4n) is 2.64. The Bertz CT molecular complexity index is 894. The minimum absolute atomic E-state index is 0.316. The molecule has 1 N–H and O–H groups in total. The molecule has 0 saturated heterocycles. The number of hydrogen-bond donors (Lipinski definition) is 1. The van der Waals surface area contributed by atoms with Crippen LogP contribution in [-0.2, 0) is 14.8 Å². The number of rotatable bonds is 7. The van der Waals surface area contributed by atoms with Crippen molar-refractivity contribution < 1.29 is 17.9 Å². The Morgan fingerprint density at radius 3 is 2.46 bits per heavy atom. The third-order valence-corrected chi connectivity index (χ3v) is 4.90. The summed E-state index contributed by atoms with van der Waals surface area (Å²) in [7, 11) is -3.62. The van der Waals surface area contributed by atoms with Crippen molar-refractivity contribution in [3.05, 3.63) is 53.6 Å². The monoisotopic (exact) mass is 376 g/mol.